The van der Waals surface area contributed by atoms with Crippen molar-refractivity contribution < 1.29 is 14.3 Å². The second-order valence-electron chi connectivity index (χ2n) is 13.1. The number of nitrogens with zero attached hydrogens (tertiary/aromatic N) is 6. The molecule has 2 fully saturated rings. The highest BCUT2D eigenvalue weighted by molar-refractivity contribution is 5.96. The van der Waals surface area contributed by atoms with Gasteiger partial charge in [-0.2, -0.15) is 0 Å². The number of fused-ring (bicyclic) bond motifs is 4. The van der Waals surface area contributed by atoms with Gasteiger partial charge in [-0.25, -0.2) is 14.8 Å². The van der Waals surface area contributed by atoms with Crippen LogP contribution in [0.3, 0.4) is 0 Å². The molecule has 3 aliphatic heterocycles. The number of urea groups is 1. The van der Waals surface area contributed by atoms with Crippen molar-refractivity contribution in [3.8, 4) is 17.3 Å². The normalized spacial score (nSPS) is 24.3. The number of aromatic nitrogens is 4. The minimum atomic E-state index is -0.237. The molecule has 3 aliphatic rings. The van der Waals surface area contributed by atoms with Crippen molar-refractivity contribution in [2.75, 3.05) is 20.7 Å². The van der Waals surface area contributed by atoms with Gasteiger partial charge in [0.05, 0.1) is 30.2 Å². The minimum absolute atomic E-state index is 0.000610. The van der Waals surface area contributed by atoms with Gasteiger partial charge in [-0.3, -0.25) is 9.20 Å². The Morgan fingerprint density at radius 3 is 2.56 bits per heavy atom. The zero-order valence-electron chi connectivity index (χ0n) is 26.8. The number of carbonyl (C=O) groups excluding carboxylic acids is 2. The molecule has 4 aromatic heterocycles. The van der Waals surface area contributed by atoms with E-state index in [1.54, 1.807) is 12.0 Å². The number of carbonyl (C=O) groups is 2. The van der Waals surface area contributed by atoms with Crippen molar-refractivity contribution in [3.05, 3.63) is 47.3 Å². The first-order chi connectivity index (χ1) is 21.7. The fourth-order valence-electron chi connectivity index (χ4n) is 7.72. The Morgan fingerprint density at radius 1 is 1.04 bits per heavy atom. The van der Waals surface area contributed by atoms with Gasteiger partial charge < -0.3 is 30.2 Å². The molecule has 0 radical (unpaired) electrons. The quantitative estimate of drug-likeness (QED) is 0.334. The van der Waals surface area contributed by atoms with Crippen molar-refractivity contribution in [2.24, 2.45) is 5.73 Å². The Bertz CT molecular complexity index is 1780. The summed E-state index contributed by atoms with van der Waals surface area (Å²) in [5.74, 6) is 0.576. The molecule has 45 heavy (non-hydrogen) atoms. The van der Waals surface area contributed by atoms with Gasteiger partial charge in [0, 0.05) is 55.3 Å². The van der Waals surface area contributed by atoms with Crippen molar-refractivity contribution in [3.63, 3.8) is 0 Å². The van der Waals surface area contributed by atoms with Crippen LogP contribution in [0.1, 0.15) is 86.1 Å². The average molecular weight is 613 g/mol. The van der Waals surface area contributed by atoms with E-state index < -0.39 is 0 Å². The van der Waals surface area contributed by atoms with Crippen LogP contribution >= 0.6 is 0 Å². The summed E-state index contributed by atoms with van der Waals surface area (Å²) in [6.07, 6.45) is 8.14. The van der Waals surface area contributed by atoms with E-state index in [0.29, 0.717) is 17.1 Å². The Balaban J connectivity index is 1.30. The Labute approximate surface area is 263 Å². The summed E-state index contributed by atoms with van der Waals surface area (Å²) in [5.41, 5.74) is 12.1. The standard InChI is InChI=1S/C34H44N8O3/c1-20-26-12-10-22-16-28(40(32(22)37-26)15-9-7-5-6-8-14-39(3)34(44)36-20)31-21(2)41-29(38-31)17-23(18-30(41)45-4)33(43)42-24-11-13-27(42)25(35)19-24/h10,12,16-18,20,24-25,27H,5-9,11,13-15,19,35H2,1-4H3,(H,36,44)/t20-,24+,25-,27-/m1/s1. The van der Waals surface area contributed by atoms with E-state index in [1.165, 1.54) is 0 Å². The zero-order valence-corrected chi connectivity index (χ0v) is 26.8. The Kier molecular flexibility index (Phi) is 7.67. The molecule has 0 aliphatic carbocycles. The third-order valence-corrected chi connectivity index (χ3v) is 10.2. The van der Waals surface area contributed by atoms with Crippen LogP contribution in [0.15, 0.2) is 30.3 Å². The van der Waals surface area contributed by atoms with Crippen LogP contribution in [0.2, 0.25) is 0 Å². The number of rotatable bonds is 3. The van der Waals surface area contributed by atoms with Crippen LogP contribution in [0.5, 0.6) is 5.88 Å². The van der Waals surface area contributed by atoms with Crippen molar-refractivity contribution >= 4 is 28.6 Å². The molecule has 11 heteroatoms. The van der Waals surface area contributed by atoms with Crippen molar-refractivity contribution in [1.82, 2.24) is 34.1 Å². The van der Waals surface area contributed by atoms with E-state index in [0.717, 1.165) is 98.3 Å². The molecule has 238 valence electrons. The number of ether oxygens (including phenoxy) is 1. The van der Waals surface area contributed by atoms with E-state index in [4.69, 9.17) is 20.4 Å². The predicted molar refractivity (Wildman–Crippen MR) is 173 cm³/mol. The third-order valence-electron chi connectivity index (χ3n) is 10.2. The van der Waals surface area contributed by atoms with E-state index >= 15 is 0 Å². The molecule has 7 rings (SSSR count). The fourth-order valence-corrected chi connectivity index (χ4v) is 7.72. The van der Waals surface area contributed by atoms with Gasteiger partial charge >= 0.3 is 6.03 Å². The lowest BCUT2D eigenvalue weighted by Gasteiger charge is -2.23. The maximum Gasteiger partial charge on any atom is 0.317 e. The van der Waals surface area contributed by atoms with Crippen LogP contribution in [-0.4, -0.2) is 79.5 Å². The lowest BCUT2D eigenvalue weighted by Crippen LogP contribution is -2.40. The highest BCUT2D eigenvalue weighted by Crippen LogP contribution is 2.39. The number of nitrogens with two attached hydrogens (primary N) is 1. The van der Waals surface area contributed by atoms with Crippen LogP contribution in [0.4, 0.5) is 4.79 Å². The molecular formula is C34H44N8O3. The van der Waals surface area contributed by atoms with Crippen molar-refractivity contribution in [1.29, 1.82) is 0 Å². The van der Waals surface area contributed by atoms with Gasteiger partial charge in [0.2, 0.25) is 0 Å². The smallest absolute Gasteiger partial charge is 0.317 e. The maximum absolute atomic E-state index is 13.8. The summed E-state index contributed by atoms with van der Waals surface area (Å²) in [4.78, 5) is 40.6. The largest absolute Gasteiger partial charge is 0.482 e. The monoisotopic (exact) mass is 612 g/mol. The molecule has 2 saturated heterocycles. The van der Waals surface area contributed by atoms with Gasteiger partial charge in [0.15, 0.2) is 5.88 Å². The first kappa shape index (κ1) is 29.6. The maximum atomic E-state index is 13.8. The SMILES string of the molecule is COc1cc(C(=O)N2[C@H]3CC[C@@H]2[C@H](N)C3)cc2nc(-c3cc4ccc5nc4n3CCCCCCCN(C)C(=O)N[C@@H]5C)c(C)n12. The van der Waals surface area contributed by atoms with Crippen LogP contribution in [-0.2, 0) is 6.54 Å². The van der Waals surface area contributed by atoms with Crippen LogP contribution in [0.25, 0.3) is 28.1 Å². The number of amides is 3. The molecule has 4 aromatic rings. The lowest BCUT2D eigenvalue weighted by molar-refractivity contribution is 0.0726. The predicted octanol–water partition coefficient (Wildman–Crippen LogP) is 5.04. The van der Waals surface area contributed by atoms with Crippen LogP contribution in [0, 0.1) is 6.92 Å². The number of aryl methyl sites for hydroxylation is 2. The number of hydrogen-bond donors (Lipinski definition) is 2. The van der Waals surface area contributed by atoms with Gasteiger partial charge in [0.1, 0.15) is 17.0 Å². The molecule has 3 amide bonds. The third kappa shape index (κ3) is 5.10. The number of pyridine rings is 2. The summed E-state index contributed by atoms with van der Waals surface area (Å²) >= 11 is 0. The molecule has 3 N–H and O–H groups in total. The lowest BCUT2D eigenvalue weighted by atomic mass is 9.97. The second kappa shape index (κ2) is 11.7. The van der Waals surface area contributed by atoms with Crippen LogP contribution < -0.4 is 15.8 Å². The summed E-state index contributed by atoms with van der Waals surface area (Å²) < 4.78 is 10.1. The first-order valence-corrected chi connectivity index (χ1v) is 16.4. The summed E-state index contributed by atoms with van der Waals surface area (Å²) in [6, 6.07) is 9.99. The molecule has 4 bridgehead atoms. The molecule has 0 unspecified atom stereocenters. The molecule has 11 nitrogen and oxygen atoms in total. The molecule has 7 heterocycles. The van der Waals surface area contributed by atoms with Gasteiger partial charge in [-0.1, -0.05) is 19.3 Å². The number of imidazole rings is 1. The summed E-state index contributed by atoms with van der Waals surface area (Å²) in [7, 11) is 3.49. The second-order valence-corrected chi connectivity index (χ2v) is 13.1. The number of methoxy groups -OCH3 is 1. The number of nitrogens with one attached hydrogen (secondary N) is 1. The molecular weight excluding hydrogens is 568 g/mol. The molecule has 4 atom stereocenters. The average Bonchev–Trinajstić information content (AvgIpc) is 3.78. The molecule has 0 aromatic carbocycles. The first-order valence-electron chi connectivity index (χ1n) is 16.4. The van der Waals surface area contributed by atoms with Gasteiger partial charge in [-0.15, -0.1) is 0 Å². The fraction of sp³-hybridized carbons (Fsp3) is 0.529. The Morgan fingerprint density at radius 2 is 1.82 bits per heavy atom. The highest BCUT2D eigenvalue weighted by atomic mass is 16.5. The highest BCUT2D eigenvalue weighted by Gasteiger charge is 2.47. The zero-order chi connectivity index (χ0) is 31.4. The van der Waals surface area contributed by atoms with E-state index in [9.17, 15) is 9.59 Å². The Hall–Kier alpha value is -4.12. The summed E-state index contributed by atoms with van der Waals surface area (Å²) in [6.45, 7) is 5.57. The molecule has 0 spiro atoms. The van der Waals surface area contributed by atoms with Crippen molar-refractivity contribution in [2.45, 2.75) is 95.9 Å². The van der Waals surface area contributed by atoms with E-state index in [2.05, 4.69) is 22.0 Å². The minimum Gasteiger partial charge on any atom is -0.482 e. The number of hydrogen-bond acceptors (Lipinski definition) is 6. The summed E-state index contributed by atoms with van der Waals surface area (Å²) in [5, 5.41) is 4.13. The van der Waals surface area contributed by atoms with E-state index in [1.807, 2.05) is 48.4 Å². The van der Waals surface area contributed by atoms with Gasteiger partial charge in [0.25, 0.3) is 5.91 Å². The molecule has 0 saturated carbocycles. The topological polar surface area (TPSA) is 123 Å². The van der Waals surface area contributed by atoms with Gasteiger partial charge in [-0.05, 0) is 70.2 Å². The van der Waals surface area contributed by atoms with E-state index in [-0.39, 0.29) is 36.1 Å².